The Kier molecular flexibility index (Phi) is 8.09. The lowest BCUT2D eigenvalue weighted by Crippen LogP contribution is -2.43. The molecule has 3 rings (SSSR count). The minimum Gasteiger partial charge on any atom is -0.493 e. The molecule has 1 heterocycles. The number of piperidine rings is 1. The predicted molar refractivity (Wildman–Crippen MR) is 120 cm³/mol. The fourth-order valence-corrected chi connectivity index (χ4v) is 5.39. The first-order valence-corrected chi connectivity index (χ1v) is 12.1. The number of hydrogen-bond donors (Lipinski definition) is 1. The molecule has 0 atom stereocenters. The van der Waals surface area contributed by atoms with Gasteiger partial charge in [-0.3, -0.25) is 4.79 Å². The maximum Gasteiger partial charge on any atom is 0.223 e. The first-order chi connectivity index (χ1) is 15.3. The standard InChI is InChI=1S/C23H29FN2O5S/c1-30-21-8-7-17(15-22(21)31-2)9-12-25-23(27)18-10-13-26(14-11-18)32(28,29)16-19-5-3-4-6-20(19)24/h3-8,15,18H,9-14,16H2,1-2H3,(H,25,27). The van der Waals surface area contributed by atoms with Crippen LogP contribution in [0.15, 0.2) is 42.5 Å². The lowest BCUT2D eigenvalue weighted by atomic mass is 9.97. The number of carbonyl (C=O) groups is 1. The number of ether oxygens (including phenoxy) is 2. The average molecular weight is 465 g/mol. The number of amides is 1. The highest BCUT2D eigenvalue weighted by molar-refractivity contribution is 7.88. The van der Waals surface area contributed by atoms with Gasteiger partial charge in [0.15, 0.2) is 11.5 Å². The van der Waals surface area contributed by atoms with Gasteiger partial charge in [0.25, 0.3) is 0 Å². The van der Waals surface area contributed by atoms with Crippen LogP contribution in [0, 0.1) is 11.7 Å². The number of carbonyl (C=O) groups excluding carboxylic acids is 1. The quantitative estimate of drug-likeness (QED) is 0.617. The van der Waals surface area contributed by atoms with Crippen molar-refractivity contribution in [3.63, 3.8) is 0 Å². The summed E-state index contributed by atoms with van der Waals surface area (Å²) >= 11 is 0. The van der Waals surface area contributed by atoms with E-state index in [9.17, 15) is 17.6 Å². The summed E-state index contributed by atoms with van der Waals surface area (Å²) in [5.74, 6) is 0.0797. The maximum absolute atomic E-state index is 13.8. The van der Waals surface area contributed by atoms with Crippen molar-refractivity contribution in [3.05, 3.63) is 59.4 Å². The molecule has 1 N–H and O–H groups in total. The van der Waals surface area contributed by atoms with E-state index >= 15 is 0 Å². The van der Waals surface area contributed by atoms with Crippen molar-refractivity contribution in [2.75, 3.05) is 33.9 Å². The van der Waals surface area contributed by atoms with E-state index in [0.717, 1.165) is 5.56 Å². The molecule has 1 saturated heterocycles. The lowest BCUT2D eigenvalue weighted by molar-refractivity contribution is -0.126. The molecule has 2 aromatic rings. The molecule has 0 bridgehead atoms. The molecule has 32 heavy (non-hydrogen) atoms. The maximum atomic E-state index is 13.8. The first-order valence-electron chi connectivity index (χ1n) is 10.5. The largest absolute Gasteiger partial charge is 0.493 e. The second-order valence-corrected chi connectivity index (χ2v) is 9.72. The van der Waals surface area contributed by atoms with Crippen LogP contribution >= 0.6 is 0 Å². The molecule has 1 aliphatic rings. The molecule has 9 heteroatoms. The molecule has 0 saturated carbocycles. The van der Waals surface area contributed by atoms with E-state index in [4.69, 9.17) is 9.47 Å². The molecule has 0 aromatic heterocycles. The number of nitrogens with one attached hydrogen (secondary N) is 1. The number of rotatable bonds is 9. The Morgan fingerprint density at radius 2 is 1.78 bits per heavy atom. The molecule has 0 spiro atoms. The Bertz CT molecular complexity index is 1040. The summed E-state index contributed by atoms with van der Waals surface area (Å²) in [6, 6.07) is 11.5. The third-order valence-corrected chi connectivity index (χ3v) is 7.50. The van der Waals surface area contributed by atoms with E-state index in [0.29, 0.717) is 37.3 Å². The Balaban J connectivity index is 1.46. The summed E-state index contributed by atoms with van der Waals surface area (Å²) in [5.41, 5.74) is 1.17. The molecule has 2 aromatic carbocycles. The van der Waals surface area contributed by atoms with E-state index < -0.39 is 15.8 Å². The molecule has 1 aliphatic heterocycles. The fourth-order valence-electron chi connectivity index (χ4n) is 3.81. The highest BCUT2D eigenvalue weighted by atomic mass is 32.2. The highest BCUT2D eigenvalue weighted by Gasteiger charge is 2.31. The molecule has 0 aliphatic carbocycles. The molecular formula is C23H29FN2O5S. The number of methoxy groups -OCH3 is 2. The van der Waals surface area contributed by atoms with Crippen molar-refractivity contribution in [2.24, 2.45) is 5.92 Å². The second-order valence-electron chi connectivity index (χ2n) is 7.75. The first kappa shape index (κ1) is 24.0. The van der Waals surface area contributed by atoms with Crippen LogP contribution in [0.2, 0.25) is 0 Å². The number of nitrogens with zero attached hydrogens (tertiary/aromatic N) is 1. The number of sulfonamides is 1. The number of halogens is 1. The Labute approximate surface area is 188 Å². The second kappa shape index (κ2) is 10.8. The monoisotopic (exact) mass is 464 g/mol. The van der Waals surface area contributed by atoms with Crippen molar-refractivity contribution in [2.45, 2.75) is 25.0 Å². The van der Waals surface area contributed by atoms with Gasteiger partial charge in [-0.15, -0.1) is 0 Å². The predicted octanol–water partition coefficient (Wildman–Crippen LogP) is 2.74. The topological polar surface area (TPSA) is 84.9 Å². The van der Waals surface area contributed by atoms with Crippen molar-refractivity contribution in [3.8, 4) is 11.5 Å². The average Bonchev–Trinajstić information content (AvgIpc) is 2.80. The van der Waals surface area contributed by atoms with Crippen LogP contribution in [0.3, 0.4) is 0 Å². The van der Waals surface area contributed by atoms with Gasteiger partial charge in [-0.2, -0.15) is 0 Å². The number of hydrogen-bond acceptors (Lipinski definition) is 5. The van der Waals surface area contributed by atoms with Gasteiger partial charge in [-0.05, 0) is 43.0 Å². The summed E-state index contributed by atoms with van der Waals surface area (Å²) < 4.78 is 51.0. The van der Waals surface area contributed by atoms with Gasteiger partial charge in [0.05, 0.1) is 20.0 Å². The zero-order valence-electron chi connectivity index (χ0n) is 18.3. The van der Waals surface area contributed by atoms with E-state index in [1.165, 1.54) is 22.5 Å². The Morgan fingerprint density at radius 3 is 2.44 bits per heavy atom. The van der Waals surface area contributed by atoms with Crippen LogP contribution < -0.4 is 14.8 Å². The third kappa shape index (κ3) is 5.98. The van der Waals surface area contributed by atoms with Gasteiger partial charge in [-0.25, -0.2) is 17.1 Å². The molecular weight excluding hydrogens is 435 g/mol. The molecule has 0 unspecified atom stereocenters. The molecule has 1 amide bonds. The summed E-state index contributed by atoms with van der Waals surface area (Å²) in [6.45, 7) is 0.981. The van der Waals surface area contributed by atoms with Gasteiger partial charge >= 0.3 is 0 Å². The summed E-state index contributed by atoms with van der Waals surface area (Å²) in [7, 11) is -0.481. The zero-order valence-corrected chi connectivity index (χ0v) is 19.2. The van der Waals surface area contributed by atoms with Crippen molar-refractivity contribution < 1.29 is 27.1 Å². The lowest BCUT2D eigenvalue weighted by Gasteiger charge is -2.30. The normalized spacial score (nSPS) is 15.3. The van der Waals surface area contributed by atoms with Crippen molar-refractivity contribution in [1.82, 2.24) is 9.62 Å². The smallest absolute Gasteiger partial charge is 0.223 e. The minimum absolute atomic E-state index is 0.0726. The van der Waals surface area contributed by atoms with Crippen LogP contribution in [0.5, 0.6) is 11.5 Å². The zero-order chi connectivity index (χ0) is 23.1. The fraction of sp³-hybridized carbons (Fsp3) is 0.435. The van der Waals surface area contributed by atoms with Gasteiger partial charge in [-0.1, -0.05) is 24.3 Å². The number of benzene rings is 2. The van der Waals surface area contributed by atoms with Crippen LogP contribution in [-0.4, -0.2) is 52.5 Å². The highest BCUT2D eigenvalue weighted by Crippen LogP contribution is 2.27. The minimum atomic E-state index is -3.63. The van der Waals surface area contributed by atoms with Gasteiger partial charge in [0.1, 0.15) is 5.82 Å². The van der Waals surface area contributed by atoms with E-state index in [1.54, 1.807) is 20.3 Å². The van der Waals surface area contributed by atoms with Crippen LogP contribution in [-0.2, 0) is 27.0 Å². The van der Waals surface area contributed by atoms with E-state index in [2.05, 4.69) is 5.32 Å². The van der Waals surface area contributed by atoms with Crippen LogP contribution in [0.4, 0.5) is 4.39 Å². The molecule has 174 valence electrons. The summed E-state index contributed by atoms with van der Waals surface area (Å²) in [4.78, 5) is 12.5. The van der Waals surface area contributed by atoms with Gasteiger partial charge < -0.3 is 14.8 Å². The van der Waals surface area contributed by atoms with E-state index in [-0.39, 0.29) is 36.2 Å². The summed E-state index contributed by atoms with van der Waals surface area (Å²) in [5, 5.41) is 2.94. The molecule has 0 radical (unpaired) electrons. The SMILES string of the molecule is COc1ccc(CCNC(=O)C2CCN(S(=O)(=O)Cc3ccccc3F)CC2)cc1OC. The van der Waals surface area contributed by atoms with Crippen molar-refractivity contribution >= 4 is 15.9 Å². The van der Waals surface area contributed by atoms with E-state index in [1.807, 2.05) is 18.2 Å². The van der Waals surface area contributed by atoms with Crippen LogP contribution in [0.25, 0.3) is 0 Å². The Hall–Kier alpha value is -2.65. The van der Waals surface area contributed by atoms with Gasteiger partial charge in [0, 0.05) is 31.1 Å². The summed E-state index contributed by atoms with van der Waals surface area (Å²) in [6.07, 6.45) is 1.53. The van der Waals surface area contributed by atoms with Crippen LogP contribution in [0.1, 0.15) is 24.0 Å². The molecule has 7 nitrogen and oxygen atoms in total. The Morgan fingerprint density at radius 1 is 1.09 bits per heavy atom. The third-order valence-electron chi connectivity index (χ3n) is 5.67. The van der Waals surface area contributed by atoms with Crippen molar-refractivity contribution in [1.29, 1.82) is 0 Å². The molecule has 1 fully saturated rings. The van der Waals surface area contributed by atoms with Gasteiger partial charge in [0.2, 0.25) is 15.9 Å².